The van der Waals surface area contributed by atoms with Gasteiger partial charge in [-0.15, -0.1) is 0 Å². The highest BCUT2D eigenvalue weighted by atomic mass is 79.9. The lowest BCUT2D eigenvalue weighted by Crippen LogP contribution is -2.13. The van der Waals surface area contributed by atoms with Crippen LogP contribution in [0, 0.1) is 12.7 Å². The lowest BCUT2D eigenvalue weighted by atomic mass is 10.1. The Balaban J connectivity index is 1.72. The second-order valence-corrected chi connectivity index (χ2v) is 6.98. The van der Waals surface area contributed by atoms with Crippen LogP contribution in [0.3, 0.4) is 0 Å². The van der Waals surface area contributed by atoms with E-state index >= 15 is 0 Å². The van der Waals surface area contributed by atoms with Crippen LogP contribution in [0.25, 0.3) is 16.9 Å². The molecule has 0 saturated carbocycles. The summed E-state index contributed by atoms with van der Waals surface area (Å²) in [6, 6.07) is 14.3. The summed E-state index contributed by atoms with van der Waals surface area (Å²) >= 11 is 3.19. The van der Waals surface area contributed by atoms with Gasteiger partial charge in [0.1, 0.15) is 11.4 Å². The number of amides is 1. The molecule has 0 aliphatic rings. The number of anilines is 1. The van der Waals surface area contributed by atoms with Gasteiger partial charge in [-0.3, -0.25) is 4.79 Å². The quantitative estimate of drug-likeness (QED) is 0.510. The van der Waals surface area contributed by atoms with Crippen molar-refractivity contribution in [2.24, 2.45) is 0 Å². The van der Waals surface area contributed by atoms with Crippen LogP contribution in [-0.2, 0) is 0 Å². The predicted octanol–water partition coefficient (Wildman–Crippen LogP) is 4.86. The minimum Gasteiger partial charge on any atom is -0.319 e. The van der Waals surface area contributed by atoms with Crippen LogP contribution < -0.4 is 5.32 Å². The Morgan fingerprint density at radius 2 is 1.93 bits per heavy atom. The zero-order valence-corrected chi connectivity index (χ0v) is 15.9. The lowest BCUT2D eigenvalue weighted by Gasteiger charge is -2.07. The number of carbonyl (C=O) groups is 1. The molecule has 0 aliphatic heterocycles. The van der Waals surface area contributed by atoms with E-state index in [9.17, 15) is 9.18 Å². The third-order valence-electron chi connectivity index (χ3n) is 4.17. The van der Waals surface area contributed by atoms with Crippen molar-refractivity contribution in [2.45, 2.75) is 6.92 Å². The number of rotatable bonds is 3. The third-order valence-corrected chi connectivity index (χ3v) is 4.67. The van der Waals surface area contributed by atoms with E-state index in [2.05, 4.69) is 31.3 Å². The molecule has 2 heterocycles. The van der Waals surface area contributed by atoms with Gasteiger partial charge >= 0.3 is 0 Å². The van der Waals surface area contributed by atoms with E-state index in [1.54, 1.807) is 16.8 Å². The first-order valence-corrected chi connectivity index (χ1v) is 8.98. The van der Waals surface area contributed by atoms with Gasteiger partial charge in [0.05, 0.1) is 17.6 Å². The Bertz CT molecular complexity index is 1150. The average molecular weight is 425 g/mol. The monoisotopic (exact) mass is 424 g/mol. The Morgan fingerprint density at radius 1 is 1.15 bits per heavy atom. The molecule has 0 atom stereocenters. The molecular weight excluding hydrogens is 411 g/mol. The summed E-state index contributed by atoms with van der Waals surface area (Å²) in [5, 5.41) is 6.88. The Morgan fingerprint density at radius 3 is 2.67 bits per heavy atom. The SMILES string of the molecule is Cc1ccc(-c2ccnc3c(C(=O)Nc4ccc(Br)cc4F)cnn23)cc1. The molecule has 134 valence electrons. The van der Waals surface area contributed by atoms with Gasteiger partial charge in [0.15, 0.2) is 5.65 Å². The van der Waals surface area contributed by atoms with Crippen molar-refractivity contribution >= 4 is 33.2 Å². The van der Waals surface area contributed by atoms with Crippen LogP contribution in [0.2, 0.25) is 0 Å². The van der Waals surface area contributed by atoms with E-state index in [4.69, 9.17) is 0 Å². The number of carbonyl (C=O) groups excluding carboxylic acids is 1. The number of halogens is 2. The molecule has 0 unspecified atom stereocenters. The lowest BCUT2D eigenvalue weighted by molar-refractivity contribution is 0.102. The number of nitrogens with zero attached hydrogens (tertiary/aromatic N) is 3. The second kappa shape index (κ2) is 6.92. The van der Waals surface area contributed by atoms with Crippen molar-refractivity contribution in [3.8, 4) is 11.3 Å². The van der Waals surface area contributed by atoms with Crippen LogP contribution in [0.4, 0.5) is 10.1 Å². The van der Waals surface area contributed by atoms with Crippen LogP contribution in [0.1, 0.15) is 15.9 Å². The number of aryl methyl sites for hydroxylation is 1. The van der Waals surface area contributed by atoms with Crippen molar-refractivity contribution in [1.82, 2.24) is 14.6 Å². The molecule has 4 rings (SSSR count). The van der Waals surface area contributed by atoms with E-state index in [1.807, 2.05) is 37.3 Å². The van der Waals surface area contributed by atoms with Crippen molar-refractivity contribution in [1.29, 1.82) is 0 Å². The van der Waals surface area contributed by atoms with E-state index in [0.29, 0.717) is 10.1 Å². The van der Waals surface area contributed by atoms with Gasteiger partial charge in [-0.05, 0) is 31.2 Å². The zero-order chi connectivity index (χ0) is 19.0. The second-order valence-electron chi connectivity index (χ2n) is 6.07. The molecule has 2 aromatic carbocycles. The van der Waals surface area contributed by atoms with Crippen LogP contribution in [0.15, 0.2) is 65.4 Å². The van der Waals surface area contributed by atoms with E-state index in [-0.39, 0.29) is 11.3 Å². The third kappa shape index (κ3) is 3.33. The molecule has 27 heavy (non-hydrogen) atoms. The summed E-state index contributed by atoms with van der Waals surface area (Å²) < 4.78 is 16.2. The molecule has 1 N–H and O–H groups in total. The van der Waals surface area contributed by atoms with Crippen LogP contribution in [0.5, 0.6) is 0 Å². The first-order valence-electron chi connectivity index (χ1n) is 8.19. The number of fused-ring (bicyclic) bond motifs is 1. The molecule has 0 bridgehead atoms. The predicted molar refractivity (Wildman–Crippen MR) is 105 cm³/mol. The highest BCUT2D eigenvalue weighted by molar-refractivity contribution is 9.10. The molecule has 0 radical (unpaired) electrons. The van der Waals surface area contributed by atoms with Gasteiger partial charge in [-0.25, -0.2) is 13.9 Å². The van der Waals surface area contributed by atoms with E-state index < -0.39 is 11.7 Å². The van der Waals surface area contributed by atoms with Crippen LogP contribution in [-0.4, -0.2) is 20.5 Å². The zero-order valence-electron chi connectivity index (χ0n) is 14.3. The number of hydrogen-bond acceptors (Lipinski definition) is 3. The van der Waals surface area contributed by atoms with Gasteiger partial charge in [0, 0.05) is 16.2 Å². The summed E-state index contributed by atoms with van der Waals surface area (Å²) in [6.07, 6.45) is 3.06. The first-order chi connectivity index (χ1) is 13.0. The van der Waals surface area contributed by atoms with Crippen molar-refractivity contribution in [3.05, 3.63) is 82.3 Å². The highest BCUT2D eigenvalue weighted by Crippen LogP contribution is 2.23. The molecule has 0 saturated heterocycles. The largest absolute Gasteiger partial charge is 0.319 e. The topological polar surface area (TPSA) is 59.3 Å². The normalized spacial score (nSPS) is 10.9. The van der Waals surface area contributed by atoms with Gasteiger partial charge in [0.2, 0.25) is 0 Å². The van der Waals surface area contributed by atoms with Crippen LogP contribution >= 0.6 is 15.9 Å². The smallest absolute Gasteiger partial charge is 0.261 e. The fraction of sp³-hybridized carbons (Fsp3) is 0.0500. The molecule has 5 nitrogen and oxygen atoms in total. The minimum absolute atomic E-state index is 0.0947. The molecule has 0 fully saturated rings. The van der Waals surface area contributed by atoms with Crippen molar-refractivity contribution in [3.63, 3.8) is 0 Å². The van der Waals surface area contributed by atoms with E-state index in [0.717, 1.165) is 16.8 Å². The molecule has 2 aromatic heterocycles. The maximum Gasteiger partial charge on any atom is 0.261 e. The Labute approximate surface area is 163 Å². The first kappa shape index (κ1) is 17.4. The highest BCUT2D eigenvalue weighted by Gasteiger charge is 2.17. The molecule has 7 heteroatoms. The molecule has 0 spiro atoms. The summed E-state index contributed by atoms with van der Waals surface area (Å²) in [6.45, 7) is 2.02. The van der Waals surface area contributed by atoms with Gasteiger partial charge in [0.25, 0.3) is 5.91 Å². The number of aromatic nitrogens is 3. The van der Waals surface area contributed by atoms with Gasteiger partial charge < -0.3 is 5.32 Å². The summed E-state index contributed by atoms with van der Waals surface area (Å²) in [5.74, 6) is -0.998. The average Bonchev–Trinajstić information content (AvgIpc) is 3.09. The maximum atomic E-state index is 14.0. The fourth-order valence-electron chi connectivity index (χ4n) is 2.78. The summed E-state index contributed by atoms with van der Waals surface area (Å²) in [4.78, 5) is 16.9. The van der Waals surface area contributed by atoms with E-state index in [1.165, 1.54) is 18.3 Å². The standard InChI is InChI=1S/C20H14BrFN4O/c1-12-2-4-13(5-3-12)18-8-9-23-19-15(11-24-26(18)19)20(27)25-17-7-6-14(21)10-16(17)22/h2-11H,1H3,(H,25,27). The van der Waals surface area contributed by atoms with Crippen molar-refractivity contribution in [2.75, 3.05) is 5.32 Å². The molecule has 1 amide bonds. The van der Waals surface area contributed by atoms with Gasteiger partial charge in [-0.2, -0.15) is 5.10 Å². The number of hydrogen-bond donors (Lipinski definition) is 1. The number of benzene rings is 2. The number of nitrogens with one attached hydrogen (secondary N) is 1. The summed E-state index contributed by atoms with van der Waals surface area (Å²) in [7, 11) is 0. The maximum absolute atomic E-state index is 14.0. The molecular formula is C20H14BrFN4O. The Kier molecular flexibility index (Phi) is 4.45. The molecule has 4 aromatic rings. The minimum atomic E-state index is -0.525. The van der Waals surface area contributed by atoms with Gasteiger partial charge in [-0.1, -0.05) is 45.8 Å². The Hall–Kier alpha value is -3.06. The van der Waals surface area contributed by atoms with Crippen molar-refractivity contribution < 1.29 is 9.18 Å². The summed E-state index contributed by atoms with van der Waals surface area (Å²) in [5.41, 5.74) is 3.70. The molecule has 0 aliphatic carbocycles. The fourth-order valence-corrected chi connectivity index (χ4v) is 3.11.